The van der Waals surface area contributed by atoms with E-state index in [1.165, 1.54) is 6.39 Å². The van der Waals surface area contributed by atoms with E-state index in [4.69, 9.17) is 9.15 Å². The van der Waals surface area contributed by atoms with Gasteiger partial charge in [-0.3, -0.25) is 0 Å². The summed E-state index contributed by atoms with van der Waals surface area (Å²) in [5.74, 6) is 1.60. The van der Waals surface area contributed by atoms with Gasteiger partial charge in [-0.25, -0.2) is 4.98 Å². The largest absolute Gasteiger partial charge is 0.497 e. The third-order valence-electron chi connectivity index (χ3n) is 2.97. The number of rotatable bonds is 3. The van der Waals surface area contributed by atoms with Gasteiger partial charge in [-0.15, -0.1) is 0 Å². The maximum Gasteiger partial charge on any atom is 0.182 e. The van der Waals surface area contributed by atoms with Crippen LogP contribution >= 0.6 is 0 Å². The molecule has 2 aromatic carbocycles. The van der Waals surface area contributed by atoms with E-state index < -0.39 is 0 Å². The summed E-state index contributed by atoms with van der Waals surface area (Å²) in [4.78, 5) is 4.31. The summed E-state index contributed by atoms with van der Waals surface area (Å²) < 4.78 is 10.7. The minimum absolute atomic E-state index is 0.772. The van der Waals surface area contributed by atoms with Gasteiger partial charge in [-0.1, -0.05) is 30.3 Å². The first-order chi connectivity index (χ1) is 9.38. The van der Waals surface area contributed by atoms with Crippen molar-refractivity contribution in [3.63, 3.8) is 0 Å². The van der Waals surface area contributed by atoms with Crippen LogP contribution in [0, 0.1) is 0 Å². The Labute approximate surface area is 111 Å². The third-order valence-corrected chi connectivity index (χ3v) is 2.97. The molecule has 0 bridgehead atoms. The Morgan fingerprint density at radius 3 is 2.32 bits per heavy atom. The Bertz CT molecular complexity index is 657. The van der Waals surface area contributed by atoms with E-state index in [1.54, 1.807) is 7.11 Å². The molecule has 3 heteroatoms. The number of oxazole rings is 1. The van der Waals surface area contributed by atoms with E-state index in [0.717, 1.165) is 28.3 Å². The molecule has 0 saturated carbocycles. The maximum atomic E-state index is 5.53. The van der Waals surface area contributed by atoms with Crippen LogP contribution in [0.1, 0.15) is 0 Å². The van der Waals surface area contributed by atoms with Crippen LogP contribution in [0.3, 0.4) is 0 Å². The first-order valence-corrected chi connectivity index (χ1v) is 6.02. The molecule has 1 aromatic heterocycles. The average molecular weight is 251 g/mol. The summed E-state index contributed by atoms with van der Waals surface area (Å²) in [6.07, 6.45) is 1.47. The smallest absolute Gasteiger partial charge is 0.182 e. The predicted molar refractivity (Wildman–Crippen MR) is 73.9 cm³/mol. The number of methoxy groups -OCH3 is 1. The second-order valence-corrected chi connectivity index (χ2v) is 4.12. The van der Waals surface area contributed by atoms with Crippen LogP contribution in [-0.2, 0) is 0 Å². The fourth-order valence-corrected chi connectivity index (χ4v) is 2.00. The summed E-state index contributed by atoms with van der Waals surface area (Å²) in [7, 11) is 1.65. The molecule has 3 rings (SSSR count). The van der Waals surface area contributed by atoms with Crippen molar-refractivity contribution in [2.45, 2.75) is 0 Å². The highest BCUT2D eigenvalue weighted by atomic mass is 16.5. The van der Waals surface area contributed by atoms with Crippen LogP contribution in [0.4, 0.5) is 0 Å². The molecule has 0 aliphatic rings. The quantitative estimate of drug-likeness (QED) is 0.705. The molecule has 0 aliphatic heterocycles. The van der Waals surface area contributed by atoms with Gasteiger partial charge in [0.25, 0.3) is 0 Å². The minimum Gasteiger partial charge on any atom is -0.497 e. The monoisotopic (exact) mass is 251 g/mol. The van der Waals surface area contributed by atoms with Crippen LogP contribution in [0.15, 0.2) is 65.4 Å². The zero-order valence-corrected chi connectivity index (χ0v) is 10.5. The van der Waals surface area contributed by atoms with Gasteiger partial charge in [-0.2, -0.15) is 0 Å². The van der Waals surface area contributed by atoms with Crippen LogP contribution in [0.5, 0.6) is 5.75 Å². The lowest BCUT2D eigenvalue weighted by molar-refractivity contribution is 0.415. The molecule has 0 N–H and O–H groups in total. The number of ether oxygens (including phenoxy) is 1. The zero-order chi connectivity index (χ0) is 13.1. The lowest BCUT2D eigenvalue weighted by Crippen LogP contribution is -1.84. The Kier molecular flexibility index (Phi) is 3.02. The molecule has 0 spiro atoms. The van der Waals surface area contributed by atoms with Gasteiger partial charge in [-0.05, 0) is 24.3 Å². The van der Waals surface area contributed by atoms with Crippen LogP contribution in [0.25, 0.3) is 22.6 Å². The highest BCUT2D eigenvalue weighted by Crippen LogP contribution is 2.31. The van der Waals surface area contributed by atoms with Gasteiger partial charge in [0.1, 0.15) is 11.4 Å². The van der Waals surface area contributed by atoms with E-state index in [0.29, 0.717) is 0 Å². The van der Waals surface area contributed by atoms with Crippen molar-refractivity contribution in [2.24, 2.45) is 0 Å². The maximum absolute atomic E-state index is 5.53. The first-order valence-electron chi connectivity index (χ1n) is 6.02. The predicted octanol–water partition coefficient (Wildman–Crippen LogP) is 4.02. The topological polar surface area (TPSA) is 35.3 Å². The molecule has 0 unspecified atom stereocenters. The molecule has 0 fully saturated rings. The summed E-state index contributed by atoms with van der Waals surface area (Å²) in [5.41, 5.74) is 2.88. The van der Waals surface area contributed by atoms with Crippen molar-refractivity contribution in [3.8, 4) is 28.3 Å². The molecule has 3 nitrogen and oxygen atoms in total. The highest BCUT2D eigenvalue weighted by Gasteiger charge is 2.12. The Morgan fingerprint density at radius 1 is 0.895 bits per heavy atom. The van der Waals surface area contributed by atoms with E-state index in [9.17, 15) is 0 Å². The Balaban J connectivity index is 2.04. The van der Waals surface area contributed by atoms with E-state index in [-0.39, 0.29) is 0 Å². The summed E-state index contributed by atoms with van der Waals surface area (Å²) >= 11 is 0. The van der Waals surface area contributed by atoms with E-state index in [2.05, 4.69) is 4.98 Å². The summed E-state index contributed by atoms with van der Waals surface area (Å²) in [5, 5.41) is 0. The van der Waals surface area contributed by atoms with Gasteiger partial charge in [0.2, 0.25) is 0 Å². The molecule has 0 aliphatic carbocycles. The number of hydrogen-bond donors (Lipinski definition) is 0. The zero-order valence-electron chi connectivity index (χ0n) is 10.5. The molecule has 94 valence electrons. The van der Waals surface area contributed by atoms with Crippen molar-refractivity contribution >= 4 is 0 Å². The molecule has 0 amide bonds. The number of benzene rings is 2. The lowest BCUT2D eigenvalue weighted by Gasteiger charge is -2.03. The van der Waals surface area contributed by atoms with Gasteiger partial charge in [0.05, 0.1) is 7.11 Å². The van der Waals surface area contributed by atoms with E-state index in [1.807, 2.05) is 54.6 Å². The molecule has 0 atom stereocenters. The molecule has 1 heterocycles. The first kappa shape index (κ1) is 11.5. The van der Waals surface area contributed by atoms with Crippen molar-refractivity contribution < 1.29 is 9.15 Å². The molecule has 0 radical (unpaired) electrons. The van der Waals surface area contributed by atoms with Crippen LogP contribution < -0.4 is 4.74 Å². The molecular formula is C16H13NO2. The summed E-state index contributed by atoms with van der Waals surface area (Å²) in [6, 6.07) is 17.7. The minimum atomic E-state index is 0.772. The molecular weight excluding hydrogens is 238 g/mol. The molecule has 0 saturated heterocycles. The van der Waals surface area contributed by atoms with E-state index >= 15 is 0 Å². The third kappa shape index (κ3) is 2.22. The van der Waals surface area contributed by atoms with Crippen molar-refractivity contribution in [2.75, 3.05) is 7.11 Å². The highest BCUT2D eigenvalue weighted by molar-refractivity contribution is 5.76. The number of hydrogen-bond acceptors (Lipinski definition) is 3. The van der Waals surface area contributed by atoms with Gasteiger partial charge < -0.3 is 9.15 Å². The van der Waals surface area contributed by atoms with Gasteiger partial charge in [0, 0.05) is 11.1 Å². The fraction of sp³-hybridized carbons (Fsp3) is 0.0625. The van der Waals surface area contributed by atoms with Crippen molar-refractivity contribution in [3.05, 3.63) is 61.0 Å². The number of nitrogens with zero attached hydrogens (tertiary/aromatic N) is 1. The van der Waals surface area contributed by atoms with Gasteiger partial charge >= 0.3 is 0 Å². The SMILES string of the molecule is COc1ccc(-c2ocnc2-c2ccccc2)cc1. The summed E-state index contributed by atoms with van der Waals surface area (Å²) in [6.45, 7) is 0. The second-order valence-electron chi connectivity index (χ2n) is 4.12. The fourth-order valence-electron chi connectivity index (χ4n) is 2.00. The average Bonchev–Trinajstić information content (AvgIpc) is 2.98. The Morgan fingerprint density at radius 2 is 1.63 bits per heavy atom. The van der Waals surface area contributed by atoms with Crippen molar-refractivity contribution in [1.29, 1.82) is 0 Å². The number of aromatic nitrogens is 1. The van der Waals surface area contributed by atoms with Crippen LogP contribution in [0.2, 0.25) is 0 Å². The normalized spacial score (nSPS) is 10.4. The van der Waals surface area contributed by atoms with Crippen molar-refractivity contribution in [1.82, 2.24) is 4.98 Å². The molecule has 3 aromatic rings. The standard InChI is InChI=1S/C16H13NO2/c1-18-14-9-7-13(8-10-14)16-15(17-11-19-16)12-5-3-2-4-6-12/h2-11H,1H3. The second kappa shape index (κ2) is 4.98. The Hall–Kier alpha value is -2.55. The van der Waals surface area contributed by atoms with Crippen LogP contribution in [-0.4, -0.2) is 12.1 Å². The lowest BCUT2D eigenvalue weighted by atomic mass is 10.1. The molecule has 19 heavy (non-hydrogen) atoms. The van der Waals surface area contributed by atoms with Gasteiger partial charge in [0.15, 0.2) is 12.2 Å².